The number of benzene rings is 1. The maximum atomic E-state index is 12.7. The monoisotopic (exact) mass is 295 g/mol. The molecule has 0 amide bonds. The Bertz CT molecular complexity index is 1240. The van der Waals surface area contributed by atoms with E-state index in [2.05, 4.69) is 4.98 Å². The number of aromatic amines is 1. The minimum atomic E-state index is -0.562. The maximum Gasteiger partial charge on any atom is 0.345 e. The molecule has 0 unspecified atom stereocenters. The van der Waals surface area contributed by atoms with Crippen molar-refractivity contribution in [1.82, 2.24) is 4.98 Å². The summed E-state index contributed by atoms with van der Waals surface area (Å²) in [5, 5.41) is 0.855. The molecule has 0 atom stereocenters. The molecule has 0 radical (unpaired) electrons. The Morgan fingerprint density at radius 1 is 0.955 bits per heavy atom. The fraction of sp³-hybridized carbons (Fsp3) is 0.0625. The molecular formula is C16H9NO5. The van der Waals surface area contributed by atoms with Crippen LogP contribution in [0.25, 0.3) is 32.7 Å². The number of nitrogens with one attached hydrogen (secondary N) is 1. The Hall–Kier alpha value is -3.15. The van der Waals surface area contributed by atoms with E-state index in [4.69, 9.17) is 8.83 Å². The summed E-state index contributed by atoms with van der Waals surface area (Å²) < 4.78 is 10.6. The Morgan fingerprint density at radius 3 is 2.55 bits per heavy atom. The van der Waals surface area contributed by atoms with Crippen LogP contribution < -0.4 is 16.5 Å². The van der Waals surface area contributed by atoms with Crippen molar-refractivity contribution >= 4 is 32.7 Å². The van der Waals surface area contributed by atoms with Crippen molar-refractivity contribution in [3.05, 3.63) is 67.2 Å². The van der Waals surface area contributed by atoms with E-state index in [1.54, 1.807) is 19.2 Å². The lowest BCUT2D eigenvalue weighted by Gasteiger charge is -2.03. The molecule has 4 rings (SSSR count). The highest BCUT2D eigenvalue weighted by atomic mass is 16.4. The number of aryl methyl sites for hydroxylation is 1. The van der Waals surface area contributed by atoms with E-state index in [1.165, 1.54) is 18.3 Å². The Morgan fingerprint density at radius 2 is 1.73 bits per heavy atom. The van der Waals surface area contributed by atoms with Gasteiger partial charge in [-0.25, -0.2) is 4.79 Å². The molecule has 0 bridgehead atoms. The summed E-state index contributed by atoms with van der Waals surface area (Å²) in [6, 6.07) is 4.29. The van der Waals surface area contributed by atoms with Crippen LogP contribution in [0, 0.1) is 6.92 Å². The lowest BCUT2D eigenvalue weighted by molar-refractivity contribution is 0.555. The van der Waals surface area contributed by atoms with Gasteiger partial charge in [0.15, 0.2) is 5.43 Å². The third-order valence-corrected chi connectivity index (χ3v) is 3.62. The Kier molecular flexibility index (Phi) is 2.39. The summed E-state index contributed by atoms with van der Waals surface area (Å²) in [5.41, 5.74) is -1.25. The maximum absolute atomic E-state index is 12.7. The molecule has 1 N–H and O–H groups in total. The second-order valence-electron chi connectivity index (χ2n) is 5.03. The van der Waals surface area contributed by atoms with Gasteiger partial charge < -0.3 is 13.8 Å². The molecule has 3 heterocycles. The van der Waals surface area contributed by atoms with Gasteiger partial charge in [0.2, 0.25) is 5.43 Å². The van der Waals surface area contributed by atoms with E-state index < -0.39 is 16.5 Å². The molecule has 1 aromatic carbocycles. The first-order chi connectivity index (χ1) is 10.6. The number of fused-ring (bicyclic) bond motifs is 4. The van der Waals surface area contributed by atoms with Gasteiger partial charge in [0, 0.05) is 29.9 Å². The molecular weight excluding hydrogens is 286 g/mol. The van der Waals surface area contributed by atoms with E-state index in [1.807, 2.05) is 0 Å². The fourth-order valence-corrected chi connectivity index (χ4v) is 2.69. The van der Waals surface area contributed by atoms with Crippen LogP contribution in [0.3, 0.4) is 0 Å². The quantitative estimate of drug-likeness (QED) is 0.304. The third kappa shape index (κ3) is 1.57. The van der Waals surface area contributed by atoms with Gasteiger partial charge in [0.05, 0.1) is 10.8 Å². The molecule has 0 aliphatic rings. The minimum absolute atomic E-state index is 0.0407. The molecule has 0 aliphatic heterocycles. The fourth-order valence-electron chi connectivity index (χ4n) is 2.69. The molecule has 0 saturated carbocycles. The summed E-state index contributed by atoms with van der Waals surface area (Å²) in [6.45, 7) is 1.61. The van der Waals surface area contributed by atoms with E-state index in [0.717, 1.165) is 0 Å². The summed E-state index contributed by atoms with van der Waals surface area (Å²) in [4.78, 5) is 39.6. The molecule has 0 saturated heterocycles. The van der Waals surface area contributed by atoms with Crippen molar-refractivity contribution in [2.75, 3.05) is 0 Å². The lowest BCUT2D eigenvalue weighted by Crippen LogP contribution is -2.15. The van der Waals surface area contributed by atoms with Crippen molar-refractivity contribution in [1.29, 1.82) is 0 Å². The van der Waals surface area contributed by atoms with Crippen molar-refractivity contribution in [3.8, 4) is 0 Å². The highest BCUT2D eigenvalue weighted by Crippen LogP contribution is 2.22. The third-order valence-electron chi connectivity index (χ3n) is 3.62. The van der Waals surface area contributed by atoms with E-state index in [0.29, 0.717) is 11.1 Å². The molecule has 108 valence electrons. The van der Waals surface area contributed by atoms with Crippen LogP contribution >= 0.6 is 0 Å². The van der Waals surface area contributed by atoms with Crippen LogP contribution in [-0.4, -0.2) is 4.98 Å². The van der Waals surface area contributed by atoms with Crippen molar-refractivity contribution in [2.24, 2.45) is 0 Å². The van der Waals surface area contributed by atoms with Gasteiger partial charge in [-0.2, -0.15) is 0 Å². The van der Waals surface area contributed by atoms with Gasteiger partial charge in [-0.3, -0.25) is 9.59 Å². The second-order valence-corrected chi connectivity index (χ2v) is 5.03. The molecule has 0 spiro atoms. The average Bonchev–Trinajstić information content (AvgIpc) is 2.46. The first kappa shape index (κ1) is 12.6. The molecule has 6 heteroatoms. The van der Waals surface area contributed by atoms with Crippen LogP contribution in [0.1, 0.15) is 5.76 Å². The van der Waals surface area contributed by atoms with Crippen LogP contribution in [0.2, 0.25) is 0 Å². The SMILES string of the molecule is Cc1cc(=O)c2c(=O)c3c(cc2o1)oc(=O)c1c[nH]ccc13. The van der Waals surface area contributed by atoms with Crippen LogP contribution in [0.15, 0.2) is 53.8 Å². The standard InChI is InChI=1S/C16H9NO5/c1-7-4-10(18)14-12(21-7)5-11-13(15(14)19)8-2-3-17-6-9(8)16(20)22-11/h2-6,17H,1H3. The normalized spacial score (nSPS) is 11.5. The van der Waals surface area contributed by atoms with Gasteiger partial charge in [-0.15, -0.1) is 0 Å². The van der Waals surface area contributed by atoms with Gasteiger partial charge >= 0.3 is 5.63 Å². The zero-order valence-electron chi connectivity index (χ0n) is 11.4. The predicted octanol–water partition coefficient (Wildman–Crippen LogP) is 2.05. The number of aromatic nitrogens is 1. The topological polar surface area (TPSA) is 93.3 Å². The summed E-state index contributed by atoms with van der Waals surface area (Å²) in [7, 11) is 0. The molecule has 0 fully saturated rings. The summed E-state index contributed by atoms with van der Waals surface area (Å²) >= 11 is 0. The highest BCUT2D eigenvalue weighted by Gasteiger charge is 2.16. The largest absolute Gasteiger partial charge is 0.461 e. The van der Waals surface area contributed by atoms with Crippen LogP contribution in [0.4, 0.5) is 0 Å². The number of rotatable bonds is 0. The zero-order chi connectivity index (χ0) is 15.4. The van der Waals surface area contributed by atoms with Crippen LogP contribution in [0.5, 0.6) is 0 Å². The minimum Gasteiger partial charge on any atom is -0.461 e. The van der Waals surface area contributed by atoms with E-state index >= 15 is 0 Å². The number of hydrogen-bond acceptors (Lipinski definition) is 5. The van der Waals surface area contributed by atoms with Crippen molar-refractivity contribution in [2.45, 2.75) is 6.92 Å². The zero-order valence-corrected chi connectivity index (χ0v) is 11.4. The molecule has 22 heavy (non-hydrogen) atoms. The summed E-state index contributed by atoms with van der Waals surface area (Å²) in [6.07, 6.45) is 3.06. The first-order valence-electron chi connectivity index (χ1n) is 6.57. The smallest absolute Gasteiger partial charge is 0.345 e. The van der Waals surface area contributed by atoms with Crippen LogP contribution in [-0.2, 0) is 0 Å². The lowest BCUT2D eigenvalue weighted by atomic mass is 10.1. The van der Waals surface area contributed by atoms with Gasteiger partial charge in [-0.05, 0) is 13.0 Å². The Balaban J connectivity index is 2.43. The number of pyridine rings is 1. The second kappa shape index (κ2) is 4.17. The van der Waals surface area contributed by atoms with Gasteiger partial charge in [-0.1, -0.05) is 0 Å². The van der Waals surface area contributed by atoms with Crippen molar-refractivity contribution in [3.63, 3.8) is 0 Å². The van der Waals surface area contributed by atoms with Crippen molar-refractivity contribution < 1.29 is 8.83 Å². The molecule has 3 aromatic heterocycles. The molecule has 6 nitrogen and oxygen atoms in total. The summed E-state index contributed by atoms with van der Waals surface area (Å²) in [5.74, 6) is 0.383. The molecule has 0 aliphatic carbocycles. The first-order valence-corrected chi connectivity index (χ1v) is 6.57. The molecule has 4 aromatic rings. The average molecular weight is 295 g/mol. The number of hydrogen-bond donors (Lipinski definition) is 1. The van der Waals surface area contributed by atoms with Gasteiger partial charge in [0.1, 0.15) is 22.3 Å². The number of H-pyrrole nitrogens is 1. The highest BCUT2D eigenvalue weighted by molar-refractivity contribution is 6.07. The van der Waals surface area contributed by atoms with E-state index in [9.17, 15) is 14.4 Å². The van der Waals surface area contributed by atoms with E-state index in [-0.39, 0.29) is 27.3 Å². The predicted molar refractivity (Wildman–Crippen MR) is 81.4 cm³/mol. The van der Waals surface area contributed by atoms with Gasteiger partial charge in [0.25, 0.3) is 0 Å². The Labute approximate surface area is 121 Å².